The summed E-state index contributed by atoms with van der Waals surface area (Å²) in [5.41, 5.74) is 1.51. The molecule has 6 nitrogen and oxygen atoms in total. The van der Waals surface area contributed by atoms with Crippen LogP contribution in [-0.2, 0) is 30.5 Å². The van der Waals surface area contributed by atoms with Crippen molar-refractivity contribution >= 4 is 5.97 Å². The van der Waals surface area contributed by atoms with E-state index in [0.29, 0.717) is 23.8 Å². The van der Waals surface area contributed by atoms with Gasteiger partial charge < -0.3 is 9.63 Å². The molecule has 0 radical (unpaired) electrons. The molecule has 0 saturated heterocycles. The Hall–Kier alpha value is -3.20. The second-order valence-electron chi connectivity index (χ2n) is 10.0. The molecular formula is C30H38F3N3O3. The first-order chi connectivity index (χ1) is 18.7. The van der Waals surface area contributed by atoms with Gasteiger partial charge in [0, 0.05) is 25.1 Å². The molecule has 0 saturated carbocycles. The van der Waals surface area contributed by atoms with Gasteiger partial charge in [0.15, 0.2) is 5.82 Å². The number of unbranched alkanes of at least 4 members (excludes halogenated alkanes) is 8. The van der Waals surface area contributed by atoms with Crippen LogP contribution in [0.5, 0.6) is 0 Å². The van der Waals surface area contributed by atoms with E-state index >= 15 is 0 Å². The number of carboxylic acids is 1. The number of aliphatic carboxylic acids is 1. The summed E-state index contributed by atoms with van der Waals surface area (Å²) in [5.74, 6) is 0.129. The first-order valence-corrected chi connectivity index (χ1v) is 13.8. The van der Waals surface area contributed by atoms with E-state index in [-0.39, 0.29) is 13.1 Å². The van der Waals surface area contributed by atoms with E-state index in [1.807, 2.05) is 24.3 Å². The lowest BCUT2D eigenvalue weighted by Gasteiger charge is -2.21. The maximum atomic E-state index is 12.8. The van der Waals surface area contributed by atoms with Crippen molar-refractivity contribution in [1.82, 2.24) is 15.0 Å². The van der Waals surface area contributed by atoms with Gasteiger partial charge in [0.1, 0.15) is 0 Å². The third-order valence-electron chi connectivity index (χ3n) is 6.63. The molecule has 0 amide bonds. The van der Waals surface area contributed by atoms with E-state index in [9.17, 15) is 23.1 Å². The van der Waals surface area contributed by atoms with Gasteiger partial charge in [-0.3, -0.25) is 9.69 Å². The summed E-state index contributed by atoms with van der Waals surface area (Å²) in [4.78, 5) is 17.5. The molecule has 0 unspecified atom stereocenters. The zero-order valence-electron chi connectivity index (χ0n) is 22.6. The molecule has 212 valence electrons. The van der Waals surface area contributed by atoms with Crippen LogP contribution in [0.2, 0.25) is 0 Å². The SMILES string of the molecule is CCCCCCCCCCCc1noc(-c2ccc(CN(CC(=O)O)Cc3ccc(C(F)(F)F)cc3)cc2)n1. The Morgan fingerprint density at radius 2 is 1.38 bits per heavy atom. The number of carbonyl (C=O) groups is 1. The summed E-state index contributed by atoms with van der Waals surface area (Å²) in [6.07, 6.45) is 7.66. The number of hydrogen-bond acceptors (Lipinski definition) is 5. The Balaban J connectivity index is 1.49. The zero-order valence-corrected chi connectivity index (χ0v) is 22.6. The van der Waals surface area contributed by atoms with E-state index < -0.39 is 17.7 Å². The fraction of sp³-hybridized carbons (Fsp3) is 0.500. The highest BCUT2D eigenvalue weighted by atomic mass is 19.4. The first-order valence-electron chi connectivity index (χ1n) is 13.8. The van der Waals surface area contributed by atoms with E-state index in [2.05, 4.69) is 17.1 Å². The highest BCUT2D eigenvalue weighted by Crippen LogP contribution is 2.29. The normalized spacial score (nSPS) is 11.8. The first kappa shape index (κ1) is 30.3. The smallest absolute Gasteiger partial charge is 0.416 e. The molecule has 9 heteroatoms. The van der Waals surface area contributed by atoms with Crippen molar-refractivity contribution in [2.75, 3.05) is 6.54 Å². The van der Waals surface area contributed by atoms with E-state index in [0.717, 1.165) is 42.5 Å². The minimum Gasteiger partial charge on any atom is -0.480 e. The average Bonchev–Trinajstić information content (AvgIpc) is 3.36. The van der Waals surface area contributed by atoms with Crippen LogP contribution in [0.3, 0.4) is 0 Å². The fourth-order valence-electron chi connectivity index (χ4n) is 4.49. The number of carboxylic acid groups (broad SMARTS) is 1. The van der Waals surface area contributed by atoms with Crippen molar-refractivity contribution < 1.29 is 27.6 Å². The molecule has 3 aromatic rings. The largest absolute Gasteiger partial charge is 0.480 e. The number of aromatic nitrogens is 2. The second kappa shape index (κ2) is 15.4. The quantitative estimate of drug-likeness (QED) is 0.174. The van der Waals surface area contributed by atoms with Crippen LogP contribution in [0.25, 0.3) is 11.5 Å². The molecule has 3 rings (SSSR count). The standard InChI is InChI=1S/C30H38F3N3O3/c1-2-3-4-5-6-7-8-9-10-11-27-34-29(39-35-27)25-16-12-23(13-17-25)20-36(22-28(37)38)21-24-14-18-26(19-15-24)30(31,32)33/h12-19H,2-11,20-22H2,1H3,(H,37,38). The molecule has 0 bridgehead atoms. The van der Waals surface area contributed by atoms with Gasteiger partial charge in [-0.2, -0.15) is 18.2 Å². The van der Waals surface area contributed by atoms with Gasteiger partial charge in [0.2, 0.25) is 0 Å². The van der Waals surface area contributed by atoms with Gasteiger partial charge >= 0.3 is 12.1 Å². The minimum atomic E-state index is -4.41. The van der Waals surface area contributed by atoms with Crippen molar-refractivity contribution in [3.63, 3.8) is 0 Å². The summed E-state index contributed by atoms with van der Waals surface area (Å²) in [7, 11) is 0. The number of benzene rings is 2. The Labute approximate surface area is 228 Å². The maximum absolute atomic E-state index is 12.8. The maximum Gasteiger partial charge on any atom is 0.416 e. The van der Waals surface area contributed by atoms with Gasteiger partial charge in [-0.1, -0.05) is 87.7 Å². The minimum absolute atomic E-state index is 0.206. The Morgan fingerprint density at radius 1 is 0.846 bits per heavy atom. The molecule has 0 spiro atoms. The van der Waals surface area contributed by atoms with Gasteiger partial charge in [0.25, 0.3) is 5.89 Å². The Morgan fingerprint density at radius 3 is 1.92 bits per heavy atom. The summed E-state index contributed by atoms with van der Waals surface area (Å²) < 4.78 is 43.9. The van der Waals surface area contributed by atoms with Crippen molar-refractivity contribution in [2.45, 2.75) is 90.4 Å². The molecule has 1 aromatic heterocycles. The van der Waals surface area contributed by atoms with Gasteiger partial charge in [0.05, 0.1) is 12.1 Å². The van der Waals surface area contributed by atoms with E-state index in [1.54, 1.807) is 4.90 Å². The van der Waals surface area contributed by atoms with Crippen molar-refractivity contribution in [1.29, 1.82) is 0 Å². The van der Waals surface area contributed by atoms with Gasteiger partial charge in [-0.25, -0.2) is 0 Å². The van der Waals surface area contributed by atoms with Crippen LogP contribution in [0, 0.1) is 0 Å². The Bertz CT molecular complexity index is 1130. The van der Waals surface area contributed by atoms with E-state index in [1.165, 1.54) is 57.1 Å². The Kier molecular flexibility index (Phi) is 12.0. The molecule has 0 aliphatic heterocycles. The van der Waals surface area contributed by atoms with Crippen LogP contribution >= 0.6 is 0 Å². The topological polar surface area (TPSA) is 79.5 Å². The number of nitrogens with zero attached hydrogens (tertiary/aromatic N) is 3. The van der Waals surface area contributed by atoms with Crippen LogP contribution in [0.1, 0.15) is 87.2 Å². The van der Waals surface area contributed by atoms with Gasteiger partial charge in [-0.05, 0) is 41.8 Å². The summed E-state index contributed by atoms with van der Waals surface area (Å²) in [6.45, 7) is 2.52. The molecule has 0 aliphatic rings. The predicted molar refractivity (Wildman–Crippen MR) is 144 cm³/mol. The molecular weight excluding hydrogens is 507 g/mol. The average molecular weight is 546 g/mol. The number of rotatable bonds is 17. The van der Waals surface area contributed by atoms with Crippen molar-refractivity contribution in [3.8, 4) is 11.5 Å². The molecule has 0 atom stereocenters. The third kappa shape index (κ3) is 10.8. The predicted octanol–water partition coefficient (Wildman–Crippen LogP) is 7.92. The van der Waals surface area contributed by atoms with Crippen LogP contribution in [-0.4, -0.2) is 32.7 Å². The van der Waals surface area contributed by atoms with Crippen molar-refractivity contribution in [2.24, 2.45) is 0 Å². The molecule has 39 heavy (non-hydrogen) atoms. The highest BCUT2D eigenvalue weighted by molar-refractivity contribution is 5.69. The monoisotopic (exact) mass is 545 g/mol. The molecule has 0 aliphatic carbocycles. The summed E-state index contributed by atoms with van der Waals surface area (Å²) in [5, 5.41) is 13.4. The van der Waals surface area contributed by atoms with E-state index in [4.69, 9.17) is 4.52 Å². The van der Waals surface area contributed by atoms with Gasteiger partial charge in [-0.15, -0.1) is 0 Å². The molecule has 2 aromatic carbocycles. The third-order valence-corrected chi connectivity index (χ3v) is 6.63. The fourth-order valence-corrected chi connectivity index (χ4v) is 4.49. The molecule has 1 N–H and O–H groups in total. The number of aryl methyl sites for hydroxylation is 1. The summed E-state index contributed by atoms with van der Waals surface area (Å²) in [6, 6.07) is 12.2. The van der Waals surface area contributed by atoms with Crippen LogP contribution < -0.4 is 0 Å². The van der Waals surface area contributed by atoms with Crippen molar-refractivity contribution in [3.05, 3.63) is 71.0 Å². The molecule has 1 heterocycles. The van der Waals surface area contributed by atoms with Crippen LogP contribution in [0.4, 0.5) is 13.2 Å². The lowest BCUT2D eigenvalue weighted by molar-refractivity contribution is -0.139. The second-order valence-corrected chi connectivity index (χ2v) is 10.0. The van der Waals surface area contributed by atoms with Crippen LogP contribution in [0.15, 0.2) is 53.1 Å². The lowest BCUT2D eigenvalue weighted by Crippen LogP contribution is -2.29. The number of hydrogen-bond donors (Lipinski definition) is 1. The highest BCUT2D eigenvalue weighted by Gasteiger charge is 2.30. The molecule has 0 fully saturated rings. The summed E-state index contributed by atoms with van der Waals surface area (Å²) >= 11 is 0. The number of alkyl halides is 3. The lowest BCUT2D eigenvalue weighted by atomic mass is 10.1. The zero-order chi connectivity index (χ0) is 28.1. The number of halogens is 3.